The van der Waals surface area contributed by atoms with E-state index in [1.54, 1.807) is 0 Å². The molecular weight excluding hydrogens is 721 g/mol. The van der Waals surface area contributed by atoms with Crippen molar-refractivity contribution in [2.24, 2.45) is 0 Å². The van der Waals surface area contributed by atoms with Crippen molar-refractivity contribution in [2.75, 3.05) is 0 Å². The fourth-order valence-electron chi connectivity index (χ4n) is 8.52. The van der Waals surface area contributed by atoms with Crippen LogP contribution in [0.25, 0.3) is 78.2 Å². The lowest BCUT2D eigenvalue weighted by Crippen LogP contribution is -1.92. The molecule has 0 nitrogen and oxygen atoms in total. The van der Waals surface area contributed by atoms with Crippen LogP contribution in [0.1, 0.15) is 33.4 Å². The van der Waals surface area contributed by atoms with E-state index >= 15 is 0 Å². The Morgan fingerprint density at radius 1 is 0.217 bits per heavy atom. The molecule has 0 heteroatoms. The minimum absolute atomic E-state index is 1.19. The highest BCUT2D eigenvalue weighted by molar-refractivity contribution is 6.11. The van der Waals surface area contributed by atoms with E-state index in [-0.39, 0.29) is 0 Å². The smallest absolute Gasteiger partial charge is 0.00987 e. The van der Waals surface area contributed by atoms with Gasteiger partial charge in [0.05, 0.1) is 0 Å². The molecule has 0 aliphatic rings. The quantitative estimate of drug-likeness (QED) is 0.129. The normalized spacial score (nSPS) is 11.9. The lowest BCUT2D eigenvalue weighted by Gasteiger charge is -2.16. The molecule has 0 amide bonds. The topological polar surface area (TPSA) is 0 Å². The maximum Gasteiger partial charge on any atom is -0.00987 e. The van der Waals surface area contributed by atoms with Gasteiger partial charge in [-0.25, -0.2) is 0 Å². The average molecular weight is 763 g/mol. The van der Waals surface area contributed by atoms with Crippen molar-refractivity contribution in [3.63, 3.8) is 0 Å². The summed E-state index contributed by atoms with van der Waals surface area (Å²) in [6.45, 7) is 0. The molecule has 60 heavy (non-hydrogen) atoms. The van der Waals surface area contributed by atoms with Crippen LogP contribution in [0.15, 0.2) is 243 Å². The minimum atomic E-state index is 1.19. The average Bonchev–Trinajstić information content (AvgIpc) is 3.34. The van der Waals surface area contributed by atoms with E-state index in [1.165, 1.54) is 99.5 Å². The zero-order chi connectivity index (χ0) is 40.1. The highest BCUT2D eigenvalue weighted by Gasteiger charge is 2.15. The predicted molar refractivity (Wildman–Crippen MR) is 257 cm³/mol. The highest BCUT2D eigenvalue weighted by Crippen LogP contribution is 2.40. The zero-order valence-electron chi connectivity index (χ0n) is 33.2. The van der Waals surface area contributed by atoms with Gasteiger partial charge in [-0.3, -0.25) is 0 Å². The summed E-state index contributed by atoms with van der Waals surface area (Å²) in [4.78, 5) is 0. The zero-order valence-corrected chi connectivity index (χ0v) is 33.2. The number of rotatable bonds is 9. The molecule has 0 aromatic heterocycles. The largest absolute Gasteiger partial charge is 0.0622 e. The Balaban J connectivity index is 1.07. The monoisotopic (exact) mass is 762 g/mol. The van der Waals surface area contributed by atoms with Crippen LogP contribution in [0, 0.1) is 0 Å². The third-order valence-electron chi connectivity index (χ3n) is 11.6. The van der Waals surface area contributed by atoms with E-state index in [4.69, 9.17) is 0 Å². The second-order valence-electron chi connectivity index (χ2n) is 15.2. The van der Waals surface area contributed by atoms with Crippen LogP contribution in [-0.2, 0) is 0 Å². The van der Waals surface area contributed by atoms with E-state index in [9.17, 15) is 0 Å². The summed E-state index contributed by atoms with van der Waals surface area (Å²) in [6.07, 6.45) is 4.73. The molecule has 0 spiro atoms. The molecule has 282 valence electrons. The van der Waals surface area contributed by atoms with Gasteiger partial charge in [-0.15, -0.1) is 0 Å². The van der Waals surface area contributed by atoms with Gasteiger partial charge < -0.3 is 0 Å². The third kappa shape index (κ3) is 7.39. The van der Waals surface area contributed by atoms with Crippen molar-refractivity contribution in [3.8, 4) is 33.4 Å². The van der Waals surface area contributed by atoms with Gasteiger partial charge in [0.1, 0.15) is 0 Å². The summed E-state index contributed by atoms with van der Waals surface area (Å²) < 4.78 is 0. The van der Waals surface area contributed by atoms with Crippen LogP contribution >= 0.6 is 0 Å². The summed E-state index contributed by atoms with van der Waals surface area (Å²) in [5.41, 5.74) is 16.8. The van der Waals surface area contributed by atoms with E-state index in [1.807, 2.05) is 0 Å². The molecular formula is C60H42. The molecule has 0 atom stereocenters. The van der Waals surface area contributed by atoms with Crippen molar-refractivity contribution in [2.45, 2.75) is 0 Å². The summed E-state index contributed by atoms with van der Waals surface area (Å²) in [6, 6.07) is 87.5. The van der Waals surface area contributed by atoms with E-state index in [0.29, 0.717) is 0 Å². The van der Waals surface area contributed by atoms with Crippen LogP contribution in [0.3, 0.4) is 0 Å². The summed E-state index contributed by atoms with van der Waals surface area (Å²) in [5.74, 6) is 0. The van der Waals surface area contributed by atoms with Crippen molar-refractivity contribution >= 4 is 44.8 Å². The maximum absolute atomic E-state index is 2.36. The third-order valence-corrected chi connectivity index (χ3v) is 11.6. The van der Waals surface area contributed by atoms with Crippen LogP contribution < -0.4 is 0 Å². The summed E-state index contributed by atoms with van der Waals surface area (Å²) in [5, 5.41) is 4.91. The number of benzene rings is 10. The molecule has 0 unspecified atom stereocenters. The van der Waals surface area contributed by atoms with Gasteiger partial charge in [0, 0.05) is 0 Å². The van der Waals surface area contributed by atoms with E-state index in [2.05, 4.69) is 255 Å². The van der Waals surface area contributed by atoms with Crippen molar-refractivity contribution < 1.29 is 0 Å². The van der Waals surface area contributed by atoms with E-state index in [0.717, 1.165) is 0 Å². The van der Waals surface area contributed by atoms with Crippen LogP contribution in [0.5, 0.6) is 0 Å². The van der Waals surface area contributed by atoms with Gasteiger partial charge in [0.15, 0.2) is 0 Å². The molecule has 10 rings (SSSR count). The molecule has 0 fully saturated rings. The first kappa shape index (κ1) is 36.5. The Morgan fingerprint density at radius 3 is 0.867 bits per heavy atom. The van der Waals surface area contributed by atoms with Crippen LogP contribution in [0.4, 0.5) is 0 Å². The number of hydrogen-bond acceptors (Lipinski definition) is 0. The van der Waals surface area contributed by atoms with Gasteiger partial charge in [0.2, 0.25) is 0 Å². The first-order chi connectivity index (χ1) is 29.8. The fraction of sp³-hybridized carbons (Fsp3) is 0. The highest BCUT2D eigenvalue weighted by atomic mass is 14.2. The molecule has 0 bridgehead atoms. The van der Waals surface area contributed by atoms with Crippen molar-refractivity contribution in [3.05, 3.63) is 276 Å². The Hall–Kier alpha value is -7.80. The lowest BCUT2D eigenvalue weighted by atomic mass is 9.88. The molecule has 0 saturated heterocycles. The Bertz CT molecular complexity index is 2900. The Morgan fingerprint density at radius 2 is 0.500 bits per heavy atom. The predicted octanol–water partition coefficient (Wildman–Crippen LogP) is 16.2. The molecule has 0 aliphatic heterocycles. The summed E-state index contributed by atoms with van der Waals surface area (Å²) >= 11 is 0. The number of hydrogen-bond donors (Lipinski definition) is 0. The van der Waals surface area contributed by atoms with Gasteiger partial charge in [-0.1, -0.05) is 243 Å². The molecule has 0 heterocycles. The molecule has 10 aromatic carbocycles. The fourth-order valence-corrected chi connectivity index (χ4v) is 8.52. The molecule has 10 aromatic rings. The van der Waals surface area contributed by atoms with Gasteiger partial charge in [0.25, 0.3) is 0 Å². The molecule has 0 aliphatic carbocycles. The second kappa shape index (κ2) is 16.6. The van der Waals surface area contributed by atoms with Crippen LogP contribution in [-0.4, -0.2) is 0 Å². The van der Waals surface area contributed by atoms with Gasteiger partial charge >= 0.3 is 0 Å². The maximum atomic E-state index is 2.36. The molecule has 0 saturated carbocycles. The standard InChI is InChI=1S/C60H42/c1-5-17-43(18-6-1)45-29-33-49(34-30-45)59(47-21-9-3-10-22-47)41-51-37-39-57(55-27-15-13-25-53(51)55)58-40-38-52(54-26-14-16-28-56(54)58)42-60(48-23-11-4-12-24-48)50-35-31-46(32-36-50)44-19-7-2-8-20-44/h1-42H/b59-41+,60-42+. The van der Waals surface area contributed by atoms with E-state index < -0.39 is 0 Å². The second-order valence-corrected chi connectivity index (χ2v) is 15.2. The first-order valence-corrected chi connectivity index (χ1v) is 20.7. The molecule has 0 radical (unpaired) electrons. The van der Waals surface area contributed by atoms with Crippen molar-refractivity contribution in [1.82, 2.24) is 0 Å². The first-order valence-electron chi connectivity index (χ1n) is 20.7. The Labute approximate surface area is 352 Å². The van der Waals surface area contributed by atoms with Crippen molar-refractivity contribution in [1.29, 1.82) is 0 Å². The minimum Gasteiger partial charge on any atom is -0.0622 e. The van der Waals surface area contributed by atoms with Gasteiger partial charge in [-0.2, -0.15) is 0 Å². The van der Waals surface area contributed by atoms with Gasteiger partial charge in [-0.05, 0) is 112 Å². The summed E-state index contributed by atoms with van der Waals surface area (Å²) in [7, 11) is 0. The SMILES string of the molecule is C(=C(/c1ccccc1)c1ccc(-c2ccccc2)cc1)/c1ccc(-c2ccc(/C=C(\c3ccccc3)c3ccc(-c4ccccc4)cc3)c3ccccc23)c2ccccc12. The number of fused-ring (bicyclic) bond motifs is 2. The lowest BCUT2D eigenvalue weighted by molar-refractivity contribution is 1.54. The van der Waals surface area contributed by atoms with Crippen LogP contribution in [0.2, 0.25) is 0 Å². The molecule has 0 N–H and O–H groups in total. The Kier molecular flexibility index (Phi) is 10.1.